The first-order chi connectivity index (χ1) is 14.3. The number of rotatable bonds is 4. The second-order valence-corrected chi connectivity index (χ2v) is 8.50. The Hall–Kier alpha value is -3.12. The van der Waals surface area contributed by atoms with Crippen LogP contribution in [0.5, 0.6) is 0 Å². The second kappa shape index (κ2) is 7.61. The molecule has 4 unspecified atom stereocenters. The van der Waals surface area contributed by atoms with Crippen LogP contribution < -0.4 is 16.0 Å². The van der Waals surface area contributed by atoms with E-state index in [2.05, 4.69) is 16.3 Å². The lowest BCUT2D eigenvalue weighted by molar-refractivity contribution is -0.151. The molecule has 2 saturated heterocycles. The van der Waals surface area contributed by atoms with Crippen LogP contribution in [-0.4, -0.2) is 66.6 Å². The third-order valence-electron chi connectivity index (χ3n) is 6.77. The molecule has 4 N–H and O–H groups in total. The zero-order chi connectivity index (χ0) is 21.5. The van der Waals surface area contributed by atoms with E-state index >= 15 is 0 Å². The third kappa shape index (κ3) is 3.59. The summed E-state index contributed by atoms with van der Waals surface area (Å²) in [6, 6.07) is 8.63. The van der Waals surface area contributed by atoms with Crippen LogP contribution in [-0.2, 0) is 14.4 Å². The Morgan fingerprint density at radius 1 is 1.13 bits per heavy atom. The summed E-state index contributed by atoms with van der Waals surface area (Å²) in [4.78, 5) is 40.3. The van der Waals surface area contributed by atoms with Crippen molar-refractivity contribution in [2.24, 2.45) is 23.0 Å². The average Bonchev–Trinajstić information content (AvgIpc) is 3.47. The maximum absolute atomic E-state index is 13.1. The molecule has 0 radical (unpaired) electrons. The molecule has 1 aromatic carbocycles. The summed E-state index contributed by atoms with van der Waals surface area (Å²) in [6.45, 7) is 2.70. The number of nitrogens with two attached hydrogens (primary N) is 1. The van der Waals surface area contributed by atoms with Gasteiger partial charge in [-0.1, -0.05) is 0 Å². The first kappa shape index (κ1) is 20.2. The van der Waals surface area contributed by atoms with Gasteiger partial charge in [-0.05, 0) is 42.5 Å². The van der Waals surface area contributed by atoms with E-state index in [1.54, 1.807) is 17.0 Å². The molecule has 1 spiro atoms. The molecule has 2 heterocycles. The van der Waals surface area contributed by atoms with Crippen LogP contribution in [0.1, 0.15) is 18.4 Å². The van der Waals surface area contributed by atoms with E-state index in [-0.39, 0.29) is 11.8 Å². The van der Waals surface area contributed by atoms with Crippen LogP contribution >= 0.6 is 0 Å². The normalized spacial score (nSPS) is 30.6. The molecule has 0 aromatic heterocycles. The summed E-state index contributed by atoms with van der Waals surface area (Å²) in [5.74, 6) is -2.80. The molecule has 4 rings (SSSR count). The fourth-order valence-corrected chi connectivity index (χ4v) is 4.87. The van der Waals surface area contributed by atoms with E-state index in [0.29, 0.717) is 51.1 Å². The molecule has 3 aliphatic rings. The molecule has 1 saturated carbocycles. The number of carboxylic acid groups (broad SMARTS) is 1. The Morgan fingerprint density at radius 2 is 1.80 bits per heavy atom. The average molecular weight is 411 g/mol. The molecule has 9 heteroatoms. The van der Waals surface area contributed by atoms with Crippen molar-refractivity contribution in [3.63, 3.8) is 0 Å². The number of carboxylic acids is 1. The highest BCUT2D eigenvalue weighted by molar-refractivity contribution is 5.89. The minimum absolute atomic E-state index is 0.201. The summed E-state index contributed by atoms with van der Waals surface area (Å²) in [7, 11) is 0. The van der Waals surface area contributed by atoms with Gasteiger partial charge in [0, 0.05) is 44.3 Å². The topological polar surface area (TPSA) is 140 Å². The van der Waals surface area contributed by atoms with Gasteiger partial charge >= 0.3 is 5.97 Å². The van der Waals surface area contributed by atoms with Crippen molar-refractivity contribution in [2.75, 3.05) is 37.6 Å². The van der Waals surface area contributed by atoms with E-state index in [1.165, 1.54) is 0 Å². The van der Waals surface area contributed by atoms with E-state index in [0.717, 1.165) is 5.69 Å². The van der Waals surface area contributed by atoms with E-state index in [9.17, 15) is 19.5 Å². The van der Waals surface area contributed by atoms with E-state index in [4.69, 9.17) is 11.0 Å². The number of piperidine rings is 1. The van der Waals surface area contributed by atoms with Crippen LogP contribution in [0.2, 0.25) is 0 Å². The van der Waals surface area contributed by atoms with Crippen molar-refractivity contribution in [1.29, 1.82) is 5.26 Å². The summed E-state index contributed by atoms with van der Waals surface area (Å²) in [6.07, 6.45) is 0.883. The number of primary amides is 1. The van der Waals surface area contributed by atoms with Gasteiger partial charge in [0.2, 0.25) is 11.8 Å². The number of nitriles is 1. The number of aliphatic carboxylic acids is 1. The lowest BCUT2D eigenvalue weighted by atomic mass is 9.80. The van der Waals surface area contributed by atoms with Crippen LogP contribution in [0.15, 0.2) is 24.3 Å². The third-order valence-corrected chi connectivity index (χ3v) is 6.77. The SMILES string of the molecule is N#Cc1ccc(N2CCN(C(=O)C3NCC4(CC3C(=O)O)CC4C(N)=O)CC2)cc1. The number of amides is 2. The number of nitrogens with zero attached hydrogens (tertiary/aromatic N) is 3. The van der Waals surface area contributed by atoms with Gasteiger partial charge in [-0.15, -0.1) is 0 Å². The largest absolute Gasteiger partial charge is 0.481 e. The maximum atomic E-state index is 13.1. The summed E-state index contributed by atoms with van der Waals surface area (Å²) >= 11 is 0. The first-order valence-corrected chi connectivity index (χ1v) is 10.1. The van der Waals surface area contributed by atoms with Gasteiger partial charge in [-0.2, -0.15) is 5.26 Å². The fourth-order valence-electron chi connectivity index (χ4n) is 4.87. The molecule has 2 aliphatic heterocycles. The number of benzene rings is 1. The molecule has 0 bridgehead atoms. The Labute approximate surface area is 174 Å². The standard InChI is InChI=1S/C21H25N5O4/c22-11-13-1-3-14(4-2-13)25-5-7-26(8-6-25)19(28)17-15(20(29)30)9-21(12-24-17)10-16(21)18(23)27/h1-4,15-17,24H,5-10,12H2,(H2,23,27)(H,29,30). The van der Waals surface area contributed by atoms with Crippen LogP contribution in [0.25, 0.3) is 0 Å². The van der Waals surface area contributed by atoms with Gasteiger partial charge in [0.1, 0.15) is 6.04 Å². The van der Waals surface area contributed by atoms with Crippen LogP contribution in [0.3, 0.4) is 0 Å². The summed E-state index contributed by atoms with van der Waals surface area (Å²) in [5.41, 5.74) is 6.58. The first-order valence-electron chi connectivity index (χ1n) is 10.1. The molecular weight excluding hydrogens is 386 g/mol. The minimum atomic E-state index is -1.02. The van der Waals surface area contributed by atoms with Gasteiger partial charge < -0.3 is 26.0 Å². The summed E-state index contributed by atoms with van der Waals surface area (Å²) < 4.78 is 0. The summed E-state index contributed by atoms with van der Waals surface area (Å²) in [5, 5.41) is 21.8. The number of hydrogen-bond donors (Lipinski definition) is 3. The highest BCUT2D eigenvalue weighted by atomic mass is 16.4. The molecule has 1 aliphatic carbocycles. The number of carbonyl (C=O) groups is 3. The fraction of sp³-hybridized carbons (Fsp3) is 0.524. The Kier molecular flexibility index (Phi) is 5.12. The molecule has 30 heavy (non-hydrogen) atoms. The van der Waals surface area contributed by atoms with Gasteiger partial charge in [-0.25, -0.2) is 0 Å². The monoisotopic (exact) mass is 411 g/mol. The molecule has 2 amide bonds. The number of anilines is 1. The number of carbonyl (C=O) groups excluding carboxylic acids is 2. The van der Waals surface area contributed by atoms with Crippen molar-refractivity contribution in [1.82, 2.24) is 10.2 Å². The maximum Gasteiger partial charge on any atom is 0.308 e. The molecule has 3 fully saturated rings. The molecule has 9 nitrogen and oxygen atoms in total. The number of piperazine rings is 1. The van der Waals surface area contributed by atoms with Gasteiger partial charge in [0.05, 0.1) is 17.6 Å². The molecular formula is C21H25N5O4. The molecule has 1 aromatic rings. The van der Waals surface area contributed by atoms with E-state index in [1.807, 2.05) is 12.1 Å². The van der Waals surface area contributed by atoms with Crippen LogP contribution in [0.4, 0.5) is 5.69 Å². The van der Waals surface area contributed by atoms with Crippen molar-refractivity contribution < 1.29 is 19.5 Å². The smallest absolute Gasteiger partial charge is 0.308 e. The molecule has 158 valence electrons. The van der Waals surface area contributed by atoms with Crippen molar-refractivity contribution in [2.45, 2.75) is 18.9 Å². The lowest BCUT2D eigenvalue weighted by Crippen LogP contribution is -2.60. The predicted molar refractivity (Wildman–Crippen MR) is 107 cm³/mol. The van der Waals surface area contributed by atoms with Crippen molar-refractivity contribution >= 4 is 23.5 Å². The van der Waals surface area contributed by atoms with Gasteiger partial charge in [0.25, 0.3) is 0 Å². The van der Waals surface area contributed by atoms with Crippen LogP contribution in [0, 0.1) is 28.6 Å². The number of hydrogen-bond acceptors (Lipinski definition) is 6. The highest BCUT2D eigenvalue weighted by Crippen LogP contribution is 2.58. The number of nitrogens with one attached hydrogen (secondary N) is 1. The molecule has 4 atom stereocenters. The Balaban J connectivity index is 1.38. The zero-order valence-electron chi connectivity index (χ0n) is 16.6. The van der Waals surface area contributed by atoms with Gasteiger partial charge in [-0.3, -0.25) is 14.4 Å². The quantitative estimate of drug-likeness (QED) is 0.621. The van der Waals surface area contributed by atoms with Crippen molar-refractivity contribution in [3.05, 3.63) is 29.8 Å². The predicted octanol–water partition coefficient (Wildman–Crippen LogP) is -0.239. The van der Waals surface area contributed by atoms with E-state index < -0.39 is 29.3 Å². The van der Waals surface area contributed by atoms with Gasteiger partial charge in [0.15, 0.2) is 0 Å². The minimum Gasteiger partial charge on any atom is -0.481 e. The van der Waals surface area contributed by atoms with Crippen molar-refractivity contribution in [3.8, 4) is 6.07 Å². The lowest BCUT2D eigenvalue weighted by Gasteiger charge is -2.41. The highest BCUT2D eigenvalue weighted by Gasteiger charge is 2.62. The zero-order valence-corrected chi connectivity index (χ0v) is 16.6. The Morgan fingerprint density at radius 3 is 2.33 bits per heavy atom. The second-order valence-electron chi connectivity index (χ2n) is 8.50. The Bertz CT molecular complexity index is 903.